The van der Waals surface area contributed by atoms with E-state index in [1.165, 1.54) is 18.2 Å². The fourth-order valence-corrected chi connectivity index (χ4v) is 3.35. The number of H-pyrrole nitrogens is 1. The van der Waals surface area contributed by atoms with Gasteiger partial charge in [-0.25, -0.2) is 9.18 Å². The lowest BCUT2D eigenvalue weighted by atomic mass is 9.95. The maximum absolute atomic E-state index is 13.5. The Morgan fingerprint density at radius 2 is 2.07 bits per heavy atom. The molecule has 0 saturated heterocycles. The fraction of sp³-hybridized carbons (Fsp3) is 0.300. The summed E-state index contributed by atoms with van der Waals surface area (Å²) in [6, 6.07) is 7.12. The number of fused-ring (bicyclic) bond motifs is 1. The van der Waals surface area contributed by atoms with Crippen LogP contribution in [0.2, 0.25) is 0 Å². The number of hydrogen-bond donors (Lipinski definition) is 2. The van der Waals surface area contributed by atoms with Gasteiger partial charge in [-0.1, -0.05) is 17.3 Å². The minimum Gasteiger partial charge on any atom is -0.403 e. The molecule has 0 aliphatic heterocycles. The van der Waals surface area contributed by atoms with Crippen molar-refractivity contribution in [1.29, 1.82) is 0 Å². The van der Waals surface area contributed by atoms with Gasteiger partial charge in [0.15, 0.2) is 0 Å². The number of nitrogens with one attached hydrogen (secondary N) is 1. The van der Waals surface area contributed by atoms with Gasteiger partial charge in [0, 0.05) is 12.1 Å². The third-order valence-corrected chi connectivity index (χ3v) is 4.83. The Morgan fingerprint density at radius 3 is 2.83 bits per heavy atom. The molecule has 0 amide bonds. The summed E-state index contributed by atoms with van der Waals surface area (Å²) in [5.74, 6) is -0.403. The van der Waals surface area contributed by atoms with Gasteiger partial charge in [-0.05, 0) is 55.4 Å². The Morgan fingerprint density at radius 1 is 1.28 bits per heavy atom. The summed E-state index contributed by atoms with van der Waals surface area (Å²) in [6.45, 7) is 0. The maximum atomic E-state index is 13.5. The lowest BCUT2D eigenvalue weighted by Gasteiger charge is -2.18. The third-order valence-electron chi connectivity index (χ3n) is 4.83. The van der Waals surface area contributed by atoms with Crippen LogP contribution in [0.15, 0.2) is 49.5 Å². The van der Waals surface area contributed by atoms with Crippen LogP contribution in [0.3, 0.4) is 0 Å². The number of oxime groups is 1. The van der Waals surface area contributed by atoms with Crippen LogP contribution in [-0.2, 0) is 6.42 Å². The molecule has 1 aliphatic carbocycles. The average Bonchev–Trinajstić information content (AvgIpc) is 2.67. The average molecular weight is 398 g/mol. The number of aromatic nitrogens is 2. The molecule has 0 bridgehead atoms. The zero-order chi connectivity index (χ0) is 20.4. The van der Waals surface area contributed by atoms with Crippen molar-refractivity contribution >= 4 is 16.8 Å². The molecule has 0 unspecified atom stereocenters. The van der Waals surface area contributed by atoms with Crippen molar-refractivity contribution in [2.45, 2.75) is 38.1 Å². The second-order valence-electron chi connectivity index (χ2n) is 7.03. The summed E-state index contributed by atoms with van der Waals surface area (Å²) in [6.07, 6.45) is 3.25. The molecule has 9 heteroatoms. The van der Waals surface area contributed by atoms with Crippen molar-refractivity contribution in [3.63, 3.8) is 0 Å². The molecule has 29 heavy (non-hydrogen) atoms. The summed E-state index contributed by atoms with van der Waals surface area (Å²) in [4.78, 5) is 36.4. The normalized spacial score (nSPS) is 16.8. The summed E-state index contributed by atoms with van der Waals surface area (Å²) < 4.78 is 18.5. The number of hydrogen-bond acceptors (Lipinski definition) is 7. The van der Waals surface area contributed by atoms with E-state index < -0.39 is 17.0 Å². The molecule has 3 N–H and O–H groups in total. The van der Waals surface area contributed by atoms with Crippen molar-refractivity contribution in [2.24, 2.45) is 10.9 Å². The number of nitrogens with two attached hydrogens (primary N) is 1. The van der Waals surface area contributed by atoms with Gasteiger partial charge in [-0.2, -0.15) is 4.98 Å². The SMILES string of the molecule is NC1CCC(=NOc2nc3oc(=O)cc(Cc4cccc(F)c4)c3c(=O)[nH]2)CC1. The molecule has 1 aliphatic rings. The van der Waals surface area contributed by atoms with Gasteiger partial charge >= 0.3 is 11.6 Å². The standard InChI is InChI=1S/C20H19FN4O4/c21-13-3-1-2-11(9-13)8-12-10-16(26)28-19-17(12)18(27)23-20(24-19)29-25-15-6-4-14(22)5-7-15/h1-3,9-10,14H,4-8,22H2,(H,23,24,27). The molecule has 0 radical (unpaired) electrons. The largest absolute Gasteiger partial charge is 0.403 e. The first-order valence-corrected chi connectivity index (χ1v) is 9.28. The van der Waals surface area contributed by atoms with Crippen molar-refractivity contribution in [2.75, 3.05) is 0 Å². The Labute approximate surface area is 164 Å². The highest BCUT2D eigenvalue weighted by atomic mass is 19.1. The lowest BCUT2D eigenvalue weighted by Crippen LogP contribution is -2.26. The highest BCUT2D eigenvalue weighted by Crippen LogP contribution is 2.18. The monoisotopic (exact) mass is 398 g/mol. The van der Waals surface area contributed by atoms with Crippen molar-refractivity contribution in [3.8, 4) is 6.01 Å². The fourth-order valence-electron chi connectivity index (χ4n) is 3.35. The van der Waals surface area contributed by atoms with E-state index in [1.54, 1.807) is 12.1 Å². The Balaban J connectivity index is 1.66. The molecule has 0 atom stereocenters. The number of aromatic amines is 1. The van der Waals surface area contributed by atoms with Gasteiger partial charge in [0.2, 0.25) is 5.71 Å². The van der Waals surface area contributed by atoms with E-state index in [2.05, 4.69) is 15.1 Å². The Hall–Kier alpha value is -3.33. The van der Waals surface area contributed by atoms with E-state index in [1.807, 2.05) is 0 Å². The predicted molar refractivity (Wildman–Crippen MR) is 105 cm³/mol. The number of nitrogens with zero attached hydrogens (tertiary/aromatic N) is 2. The highest BCUT2D eigenvalue weighted by molar-refractivity contribution is 5.84. The second kappa shape index (κ2) is 7.96. The predicted octanol–water partition coefficient (Wildman–Crippen LogP) is 2.24. The van der Waals surface area contributed by atoms with Gasteiger partial charge in [-0.3, -0.25) is 9.78 Å². The van der Waals surface area contributed by atoms with Crippen LogP contribution in [0, 0.1) is 5.82 Å². The summed E-state index contributed by atoms with van der Waals surface area (Å²) >= 11 is 0. The molecule has 2 aromatic heterocycles. The van der Waals surface area contributed by atoms with Crippen LogP contribution in [0.25, 0.3) is 11.1 Å². The smallest absolute Gasteiger partial charge is 0.337 e. The third kappa shape index (κ3) is 4.40. The maximum Gasteiger partial charge on any atom is 0.337 e. The van der Waals surface area contributed by atoms with Crippen molar-refractivity contribution in [1.82, 2.24) is 9.97 Å². The van der Waals surface area contributed by atoms with Crippen LogP contribution < -0.4 is 21.8 Å². The molecular weight excluding hydrogens is 379 g/mol. The molecule has 1 fully saturated rings. The molecule has 150 valence electrons. The van der Waals surface area contributed by atoms with E-state index in [-0.39, 0.29) is 29.6 Å². The quantitative estimate of drug-likeness (QED) is 0.650. The van der Waals surface area contributed by atoms with Crippen LogP contribution >= 0.6 is 0 Å². The van der Waals surface area contributed by atoms with Crippen molar-refractivity contribution < 1.29 is 13.6 Å². The Kier molecular flexibility index (Phi) is 5.22. The number of halogens is 1. The molecule has 1 saturated carbocycles. The minimum atomic E-state index is -0.666. The van der Waals surface area contributed by atoms with E-state index >= 15 is 0 Å². The molecule has 1 aromatic carbocycles. The number of benzene rings is 1. The molecule has 4 rings (SSSR count). The minimum absolute atomic E-state index is 0.109. The van der Waals surface area contributed by atoms with E-state index in [4.69, 9.17) is 15.0 Å². The van der Waals surface area contributed by atoms with Gasteiger partial charge < -0.3 is 15.0 Å². The highest BCUT2D eigenvalue weighted by Gasteiger charge is 2.16. The molecular formula is C20H19FN4O4. The molecule has 3 aromatic rings. The van der Waals surface area contributed by atoms with E-state index in [0.717, 1.165) is 18.6 Å². The molecule has 8 nitrogen and oxygen atoms in total. The Bertz CT molecular complexity index is 1190. The first-order valence-electron chi connectivity index (χ1n) is 9.28. The van der Waals surface area contributed by atoms with Crippen molar-refractivity contribution in [3.05, 3.63) is 68.0 Å². The van der Waals surface area contributed by atoms with Gasteiger partial charge in [0.25, 0.3) is 5.56 Å². The summed E-state index contributed by atoms with van der Waals surface area (Å²) in [7, 11) is 0. The first-order chi connectivity index (χ1) is 14.0. The van der Waals surface area contributed by atoms with Crippen LogP contribution in [0.4, 0.5) is 4.39 Å². The van der Waals surface area contributed by atoms with E-state index in [0.29, 0.717) is 24.0 Å². The van der Waals surface area contributed by atoms with E-state index in [9.17, 15) is 14.0 Å². The number of rotatable bonds is 4. The van der Waals surface area contributed by atoms with Gasteiger partial charge in [0.05, 0.1) is 5.71 Å². The van der Waals surface area contributed by atoms with Crippen LogP contribution in [0.5, 0.6) is 6.01 Å². The topological polar surface area (TPSA) is 124 Å². The first kappa shape index (κ1) is 19.0. The van der Waals surface area contributed by atoms with Gasteiger partial charge in [0.1, 0.15) is 11.2 Å². The summed E-state index contributed by atoms with van der Waals surface area (Å²) in [5.41, 5.74) is 6.32. The zero-order valence-electron chi connectivity index (χ0n) is 15.5. The molecule has 0 spiro atoms. The zero-order valence-corrected chi connectivity index (χ0v) is 15.5. The lowest BCUT2D eigenvalue weighted by molar-refractivity contribution is 0.306. The molecule has 2 heterocycles. The summed E-state index contributed by atoms with van der Waals surface area (Å²) in [5, 5.41) is 4.13. The van der Waals surface area contributed by atoms with Gasteiger partial charge in [-0.15, -0.1) is 0 Å². The second-order valence-corrected chi connectivity index (χ2v) is 7.03. The van der Waals surface area contributed by atoms with Crippen LogP contribution in [-0.4, -0.2) is 21.7 Å². The van der Waals surface area contributed by atoms with Crippen LogP contribution in [0.1, 0.15) is 36.8 Å².